The Bertz CT molecular complexity index is 318. The third-order valence-electron chi connectivity index (χ3n) is 3.26. The van der Waals surface area contributed by atoms with E-state index in [2.05, 4.69) is 29.6 Å². The van der Waals surface area contributed by atoms with Crippen LogP contribution in [0.1, 0.15) is 36.8 Å². The molecule has 0 bridgehead atoms. The Hall–Kier alpha value is -0.860. The minimum Gasteiger partial charge on any atom is -0.374 e. The van der Waals surface area contributed by atoms with Crippen molar-refractivity contribution in [2.75, 3.05) is 7.05 Å². The largest absolute Gasteiger partial charge is 0.374 e. The summed E-state index contributed by atoms with van der Waals surface area (Å²) in [5.41, 5.74) is 2.67. The highest BCUT2D eigenvalue weighted by molar-refractivity contribution is 5.26. The van der Waals surface area contributed by atoms with Crippen LogP contribution >= 0.6 is 0 Å². The van der Waals surface area contributed by atoms with Gasteiger partial charge in [-0.3, -0.25) is 0 Å². The Kier molecular flexibility index (Phi) is 4.37. The van der Waals surface area contributed by atoms with Crippen molar-refractivity contribution in [3.8, 4) is 0 Å². The highest BCUT2D eigenvalue weighted by Crippen LogP contribution is 2.22. The fourth-order valence-corrected chi connectivity index (χ4v) is 2.32. The third-order valence-corrected chi connectivity index (χ3v) is 3.26. The van der Waals surface area contributed by atoms with Crippen molar-refractivity contribution >= 4 is 0 Å². The van der Waals surface area contributed by atoms with Crippen LogP contribution in [0.3, 0.4) is 0 Å². The fraction of sp³-hybridized carbons (Fsp3) is 0.571. The van der Waals surface area contributed by atoms with Gasteiger partial charge in [-0.25, -0.2) is 0 Å². The quantitative estimate of drug-likeness (QED) is 0.822. The Labute approximate surface area is 98.0 Å². The SMILES string of the molecule is CNCc1ccccc1COC1CCCC1. The number of nitrogens with one attached hydrogen (secondary N) is 1. The fourth-order valence-electron chi connectivity index (χ4n) is 2.32. The molecular weight excluding hydrogens is 198 g/mol. The van der Waals surface area contributed by atoms with E-state index in [1.165, 1.54) is 36.8 Å². The summed E-state index contributed by atoms with van der Waals surface area (Å²) in [6.07, 6.45) is 5.66. The highest BCUT2D eigenvalue weighted by Gasteiger charge is 2.15. The molecule has 2 heteroatoms. The Morgan fingerprint density at radius 3 is 2.56 bits per heavy atom. The summed E-state index contributed by atoms with van der Waals surface area (Å²) < 4.78 is 5.95. The molecule has 0 atom stereocenters. The highest BCUT2D eigenvalue weighted by atomic mass is 16.5. The summed E-state index contributed by atoms with van der Waals surface area (Å²) in [5, 5.41) is 3.20. The Morgan fingerprint density at radius 1 is 1.19 bits per heavy atom. The molecule has 0 aromatic heterocycles. The van der Waals surface area contributed by atoms with E-state index in [-0.39, 0.29) is 0 Å². The van der Waals surface area contributed by atoms with Gasteiger partial charge in [0.05, 0.1) is 12.7 Å². The average molecular weight is 219 g/mol. The maximum Gasteiger partial charge on any atom is 0.0723 e. The molecule has 0 unspecified atom stereocenters. The van der Waals surface area contributed by atoms with Crippen LogP contribution in [-0.4, -0.2) is 13.2 Å². The van der Waals surface area contributed by atoms with Crippen LogP contribution in [0.4, 0.5) is 0 Å². The van der Waals surface area contributed by atoms with E-state index in [4.69, 9.17) is 4.74 Å². The molecule has 0 amide bonds. The van der Waals surface area contributed by atoms with Gasteiger partial charge in [0.15, 0.2) is 0 Å². The zero-order valence-electron chi connectivity index (χ0n) is 10.0. The number of rotatable bonds is 5. The van der Waals surface area contributed by atoms with Crippen LogP contribution < -0.4 is 5.32 Å². The molecule has 0 saturated heterocycles. The van der Waals surface area contributed by atoms with E-state index in [0.717, 1.165) is 13.2 Å². The first-order chi connectivity index (χ1) is 7.90. The smallest absolute Gasteiger partial charge is 0.0723 e. The van der Waals surface area contributed by atoms with E-state index in [1.54, 1.807) is 0 Å². The molecule has 1 N–H and O–H groups in total. The van der Waals surface area contributed by atoms with Crippen molar-refractivity contribution in [1.82, 2.24) is 5.32 Å². The second-order valence-corrected chi connectivity index (χ2v) is 4.52. The molecule has 1 aliphatic rings. The molecule has 16 heavy (non-hydrogen) atoms. The normalized spacial score (nSPS) is 16.8. The van der Waals surface area contributed by atoms with Gasteiger partial charge in [-0.2, -0.15) is 0 Å². The summed E-state index contributed by atoms with van der Waals surface area (Å²) in [6.45, 7) is 1.69. The molecule has 1 fully saturated rings. The topological polar surface area (TPSA) is 21.3 Å². The van der Waals surface area contributed by atoms with Crippen molar-refractivity contribution in [3.63, 3.8) is 0 Å². The maximum absolute atomic E-state index is 5.95. The lowest BCUT2D eigenvalue weighted by Gasteiger charge is -2.13. The van der Waals surface area contributed by atoms with E-state index in [1.807, 2.05) is 7.05 Å². The van der Waals surface area contributed by atoms with Crippen molar-refractivity contribution in [2.45, 2.75) is 44.9 Å². The molecule has 1 aromatic rings. The second-order valence-electron chi connectivity index (χ2n) is 4.52. The molecule has 1 saturated carbocycles. The molecule has 88 valence electrons. The lowest BCUT2D eigenvalue weighted by Crippen LogP contribution is -2.11. The standard InChI is InChI=1S/C14H21NO/c1-15-10-12-6-2-3-7-13(12)11-16-14-8-4-5-9-14/h2-3,6-7,14-15H,4-5,8-11H2,1H3. The maximum atomic E-state index is 5.95. The number of benzene rings is 1. The molecule has 1 aromatic carbocycles. The minimum absolute atomic E-state index is 0.502. The van der Waals surface area contributed by atoms with Gasteiger partial charge in [-0.1, -0.05) is 37.1 Å². The van der Waals surface area contributed by atoms with E-state index >= 15 is 0 Å². The summed E-state index contributed by atoms with van der Waals surface area (Å²) in [5.74, 6) is 0. The molecular formula is C14H21NO. The Balaban J connectivity index is 1.91. The van der Waals surface area contributed by atoms with Gasteiger partial charge in [0.2, 0.25) is 0 Å². The first-order valence-electron chi connectivity index (χ1n) is 6.23. The van der Waals surface area contributed by atoms with Gasteiger partial charge in [0.25, 0.3) is 0 Å². The molecule has 0 aliphatic heterocycles. The predicted molar refractivity (Wildman–Crippen MR) is 66.3 cm³/mol. The average Bonchev–Trinajstić information content (AvgIpc) is 2.81. The molecule has 2 rings (SSSR count). The van der Waals surface area contributed by atoms with Gasteiger partial charge < -0.3 is 10.1 Å². The zero-order chi connectivity index (χ0) is 11.2. The van der Waals surface area contributed by atoms with E-state index in [9.17, 15) is 0 Å². The number of hydrogen-bond acceptors (Lipinski definition) is 2. The van der Waals surface area contributed by atoms with Crippen LogP contribution in [0.5, 0.6) is 0 Å². The molecule has 1 aliphatic carbocycles. The van der Waals surface area contributed by atoms with Gasteiger partial charge in [-0.15, -0.1) is 0 Å². The summed E-state index contributed by atoms with van der Waals surface area (Å²) >= 11 is 0. The van der Waals surface area contributed by atoms with Crippen molar-refractivity contribution in [3.05, 3.63) is 35.4 Å². The first-order valence-corrected chi connectivity index (χ1v) is 6.23. The van der Waals surface area contributed by atoms with Crippen LogP contribution in [0, 0.1) is 0 Å². The zero-order valence-corrected chi connectivity index (χ0v) is 10.0. The van der Waals surface area contributed by atoms with Crippen LogP contribution in [0.15, 0.2) is 24.3 Å². The van der Waals surface area contributed by atoms with E-state index < -0.39 is 0 Å². The van der Waals surface area contributed by atoms with Crippen LogP contribution in [0.2, 0.25) is 0 Å². The number of ether oxygens (including phenoxy) is 1. The monoisotopic (exact) mass is 219 g/mol. The molecule has 0 heterocycles. The lowest BCUT2D eigenvalue weighted by atomic mass is 10.1. The van der Waals surface area contributed by atoms with Crippen molar-refractivity contribution < 1.29 is 4.74 Å². The van der Waals surface area contributed by atoms with Crippen LogP contribution in [-0.2, 0) is 17.9 Å². The van der Waals surface area contributed by atoms with Gasteiger partial charge in [0, 0.05) is 6.54 Å². The second kappa shape index (κ2) is 6.02. The molecule has 0 spiro atoms. The summed E-state index contributed by atoms with van der Waals surface area (Å²) in [7, 11) is 1.98. The predicted octanol–water partition coefficient (Wildman–Crippen LogP) is 2.87. The third kappa shape index (κ3) is 3.06. The summed E-state index contributed by atoms with van der Waals surface area (Å²) in [4.78, 5) is 0. The molecule has 2 nitrogen and oxygen atoms in total. The molecule has 0 radical (unpaired) electrons. The van der Waals surface area contributed by atoms with Crippen LogP contribution in [0.25, 0.3) is 0 Å². The number of hydrogen-bond donors (Lipinski definition) is 1. The first kappa shape index (κ1) is 11.6. The van der Waals surface area contributed by atoms with Crippen molar-refractivity contribution in [2.24, 2.45) is 0 Å². The lowest BCUT2D eigenvalue weighted by molar-refractivity contribution is 0.0453. The van der Waals surface area contributed by atoms with Gasteiger partial charge >= 0.3 is 0 Å². The van der Waals surface area contributed by atoms with Gasteiger partial charge in [0.1, 0.15) is 0 Å². The Morgan fingerprint density at radius 2 is 1.88 bits per heavy atom. The van der Waals surface area contributed by atoms with Gasteiger partial charge in [-0.05, 0) is 31.0 Å². The van der Waals surface area contributed by atoms with Crippen molar-refractivity contribution in [1.29, 1.82) is 0 Å². The minimum atomic E-state index is 0.502. The summed E-state index contributed by atoms with van der Waals surface area (Å²) in [6, 6.07) is 8.52. The van der Waals surface area contributed by atoms with E-state index in [0.29, 0.717) is 6.10 Å².